The molecule has 116 valence electrons. The molecule has 0 saturated carbocycles. The average Bonchev–Trinajstić information content (AvgIpc) is 2.74. The molecule has 0 aromatic heterocycles. The molecule has 1 aliphatic rings. The van der Waals surface area contributed by atoms with Gasteiger partial charge < -0.3 is 0 Å². The van der Waals surface area contributed by atoms with Crippen LogP contribution < -0.4 is 10.7 Å². The van der Waals surface area contributed by atoms with Gasteiger partial charge in [-0.2, -0.15) is 13.2 Å². The quantitative estimate of drug-likeness (QED) is 0.650. The average molecular weight is 313 g/mol. The van der Waals surface area contributed by atoms with Crippen molar-refractivity contribution in [2.75, 3.05) is 6.54 Å². The minimum absolute atomic E-state index is 0.188. The van der Waals surface area contributed by atoms with E-state index in [1.165, 1.54) is 30.3 Å². The van der Waals surface area contributed by atoms with Crippen LogP contribution in [0.1, 0.15) is 5.56 Å². The molecule has 1 heterocycles. The van der Waals surface area contributed by atoms with E-state index < -0.39 is 36.1 Å². The summed E-state index contributed by atoms with van der Waals surface area (Å²) in [6.45, 7) is -0.453. The number of imide groups is 1. The number of hydrogen-bond donors (Lipinski definition) is 2. The Labute approximate surface area is 122 Å². The smallest absolute Gasteiger partial charge is 0.275 e. The summed E-state index contributed by atoms with van der Waals surface area (Å²) in [5, 5.41) is 2.48. The Kier molecular flexibility index (Phi) is 4.15. The lowest BCUT2D eigenvalue weighted by Crippen LogP contribution is -2.43. The summed E-state index contributed by atoms with van der Waals surface area (Å²) in [4.78, 5) is 33.8. The van der Waals surface area contributed by atoms with Crippen molar-refractivity contribution >= 4 is 23.4 Å². The number of carbonyl (C=O) groups excluding carboxylic acids is 3. The molecule has 9 heteroatoms. The van der Waals surface area contributed by atoms with Gasteiger partial charge in [0.25, 0.3) is 5.91 Å². The third-order valence-corrected chi connectivity index (χ3v) is 2.70. The van der Waals surface area contributed by atoms with Gasteiger partial charge in [-0.1, -0.05) is 30.3 Å². The number of hydrazine groups is 1. The van der Waals surface area contributed by atoms with E-state index in [2.05, 4.69) is 0 Å². The normalized spacial score (nSPS) is 15.8. The molecular weight excluding hydrogens is 303 g/mol. The Morgan fingerprint density at radius 1 is 1.23 bits per heavy atom. The van der Waals surface area contributed by atoms with Crippen LogP contribution in [0.2, 0.25) is 0 Å². The molecule has 0 radical (unpaired) electrons. The van der Waals surface area contributed by atoms with Gasteiger partial charge in [0.1, 0.15) is 6.54 Å². The van der Waals surface area contributed by atoms with Crippen LogP contribution in [0.25, 0.3) is 5.57 Å². The molecule has 4 amide bonds. The first kappa shape index (κ1) is 15.5. The Bertz CT molecular complexity index is 641. The molecule has 2 rings (SSSR count). The van der Waals surface area contributed by atoms with Gasteiger partial charge in [0, 0.05) is 6.08 Å². The zero-order valence-corrected chi connectivity index (χ0v) is 11.0. The molecule has 1 aromatic rings. The number of rotatable bonds is 3. The summed E-state index contributed by atoms with van der Waals surface area (Å²) in [6.07, 6.45) is -4.41. The predicted octanol–water partition coefficient (Wildman–Crippen LogP) is 1.22. The lowest BCUT2D eigenvalue weighted by Gasteiger charge is -2.15. The maximum absolute atomic E-state index is 13.0. The minimum Gasteiger partial charge on any atom is -0.275 e. The number of carbonyl (C=O) groups is 3. The number of halogens is 3. The van der Waals surface area contributed by atoms with Crippen molar-refractivity contribution in [3.63, 3.8) is 0 Å². The third-order valence-electron chi connectivity index (χ3n) is 2.70. The molecule has 1 saturated heterocycles. The lowest BCUT2D eigenvalue weighted by atomic mass is 10.1. The number of alkyl halides is 3. The second-order valence-electron chi connectivity index (χ2n) is 4.34. The number of amides is 4. The Morgan fingerprint density at radius 2 is 1.86 bits per heavy atom. The van der Waals surface area contributed by atoms with Crippen molar-refractivity contribution in [2.45, 2.75) is 6.18 Å². The van der Waals surface area contributed by atoms with Gasteiger partial charge >= 0.3 is 12.2 Å². The number of allylic oxidation sites excluding steroid dienone is 1. The fraction of sp³-hybridized carbons (Fsp3) is 0.154. The van der Waals surface area contributed by atoms with E-state index in [4.69, 9.17) is 0 Å². The SMILES string of the molecule is O=C(/C=C(\c1ccccc1)C(F)(F)F)NN1CC(=O)NC1=O. The maximum Gasteiger partial charge on any atom is 0.417 e. The van der Waals surface area contributed by atoms with Gasteiger partial charge in [-0.05, 0) is 5.56 Å². The Morgan fingerprint density at radius 3 is 2.36 bits per heavy atom. The number of urea groups is 1. The molecule has 6 nitrogen and oxygen atoms in total. The van der Waals surface area contributed by atoms with E-state index in [0.29, 0.717) is 11.1 Å². The first-order valence-corrected chi connectivity index (χ1v) is 6.03. The van der Waals surface area contributed by atoms with Crippen molar-refractivity contribution in [1.82, 2.24) is 15.8 Å². The van der Waals surface area contributed by atoms with Crippen molar-refractivity contribution in [3.05, 3.63) is 42.0 Å². The fourth-order valence-corrected chi connectivity index (χ4v) is 1.77. The van der Waals surface area contributed by atoms with E-state index in [1.807, 2.05) is 10.7 Å². The first-order valence-electron chi connectivity index (χ1n) is 6.03. The van der Waals surface area contributed by atoms with E-state index in [1.54, 1.807) is 0 Å². The standard InChI is InChI=1S/C13H10F3N3O3/c14-13(15,16)9(8-4-2-1-3-5-8)6-10(20)18-19-7-11(21)17-12(19)22/h1-6H,7H2,(H,18,20)(H,17,21,22)/b9-6+. The van der Waals surface area contributed by atoms with Gasteiger partial charge in [0.05, 0.1) is 5.57 Å². The summed E-state index contributed by atoms with van der Waals surface area (Å²) in [6, 6.07) is 5.86. The van der Waals surface area contributed by atoms with Crippen molar-refractivity contribution in [3.8, 4) is 0 Å². The minimum atomic E-state index is -4.75. The van der Waals surface area contributed by atoms with Gasteiger partial charge in [-0.25, -0.2) is 9.80 Å². The highest BCUT2D eigenvalue weighted by molar-refractivity contribution is 6.04. The highest BCUT2D eigenvalue weighted by Gasteiger charge is 2.36. The highest BCUT2D eigenvalue weighted by atomic mass is 19.4. The highest BCUT2D eigenvalue weighted by Crippen LogP contribution is 2.33. The van der Waals surface area contributed by atoms with E-state index in [-0.39, 0.29) is 5.56 Å². The number of hydrogen-bond acceptors (Lipinski definition) is 3. The summed E-state index contributed by atoms with van der Waals surface area (Å²) in [5.74, 6) is -1.82. The van der Waals surface area contributed by atoms with E-state index >= 15 is 0 Å². The number of benzene rings is 1. The van der Waals surface area contributed by atoms with Crippen LogP contribution in [-0.2, 0) is 9.59 Å². The summed E-state index contributed by atoms with van der Waals surface area (Å²) < 4.78 is 39.1. The van der Waals surface area contributed by atoms with Crippen LogP contribution in [0, 0.1) is 0 Å². The van der Waals surface area contributed by atoms with Crippen LogP contribution in [0.3, 0.4) is 0 Å². The Hall–Kier alpha value is -2.84. The van der Waals surface area contributed by atoms with Crippen LogP contribution in [-0.4, -0.2) is 35.6 Å². The molecule has 0 unspecified atom stereocenters. The summed E-state index contributed by atoms with van der Waals surface area (Å²) in [5.41, 5.74) is 0.573. The van der Waals surface area contributed by atoms with Crippen LogP contribution in [0.5, 0.6) is 0 Å². The predicted molar refractivity (Wildman–Crippen MR) is 68.9 cm³/mol. The van der Waals surface area contributed by atoms with Gasteiger partial charge in [-0.15, -0.1) is 0 Å². The zero-order valence-electron chi connectivity index (χ0n) is 11.0. The molecule has 0 aliphatic carbocycles. The van der Waals surface area contributed by atoms with Crippen LogP contribution in [0.4, 0.5) is 18.0 Å². The molecule has 1 fully saturated rings. The molecule has 0 bridgehead atoms. The number of nitrogens with zero attached hydrogens (tertiary/aromatic N) is 1. The molecule has 0 atom stereocenters. The lowest BCUT2D eigenvalue weighted by molar-refractivity contribution is -0.121. The fourth-order valence-electron chi connectivity index (χ4n) is 1.77. The number of nitrogens with one attached hydrogen (secondary N) is 2. The van der Waals surface area contributed by atoms with Gasteiger partial charge in [0.15, 0.2) is 0 Å². The molecule has 22 heavy (non-hydrogen) atoms. The molecule has 1 aliphatic heterocycles. The van der Waals surface area contributed by atoms with E-state index in [9.17, 15) is 27.6 Å². The maximum atomic E-state index is 13.0. The summed E-state index contributed by atoms with van der Waals surface area (Å²) >= 11 is 0. The molecule has 1 aromatic carbocycles. The largest absolute Gasteiger partial charge is 0.417 e. The third kappa shape index (κ3) is 3.62. The molecule has 2 N–H and O–H groups in total. The Balaban J connectivity index is 2.21. The second kappa shape index (κ2) is 5.88. The van der Waals surface area contributed by atoms with Crippen molar-refractivity contribution in [2.24, 2.45) is 0 Å². The van der Waals surface area contributed by atoms with Gasteiger partial charge in [-0.3, -0.25) is 20.3 Å². The first-order chi connectivity index (χ1) is 10.3. The molecular formula is C13H10F3N3O3. The summed E-state index contributed by atoms with van der Waals surface area (Å²) in [7, 11) is 0. The van der Waals surface area contributed by atoms with E-state index in [0.717, 1.165) is 0 Å². The van der Waals surface area contributed by atoms with Crippen LogP contribution >= 0.6 is 0 Å². The monoisotopic (exact) mass is 313 g/mol. The second-order valence-corrected chi connectivity index (χ2v) is 4.34. The van der Waals surface area contributed by atoms with Crippen molar-refractivity contribution < 1.29 is 27.6 Å². The van der Waals surface area contributed by atoms with Crippen LogP contribution in [0.15, 0.2) is 36.4 Å². The van der Waals surface area contributed by atoms with Crippen molar-refractivity contribution in [1.29, 1.82) is 0 Å². The zero-order chi connectivity index (χ0) is 16.3. The molecule has 0 spiro atoms. The topological polar surface area (TPSA) is 78.5 Å². The van der Waals surface area contributed by atoms with Gasteiger partial charge in [0.2, 0.25) is 5.91 Å².